The highest BCUT2D eigenvalue weighted by atomic mass is 32.1. The summed E-state index contributed by atoms with van der Waals surface area (Å²) in [6, 6.07) is 17.5. The van der Waals surface area contributed by atoms with E-state index in [1.165, 1.54) is 6.07 Å². The molecule has 0 bridgehead atoms. The van der Waals surface area contributed by atoms with E-state index in [2.05, 4.69) is 20.9 Å². The summed E-state index contributed by atoms with van der Waals surface area (Å²) in [5.41, 5.74) is 7.11. The minimum Gasteiger partial charge on any atom is -0.478 e. The van der Waals surface area contributed by atoms with E-state index in [0.717, 1.165) is 39.6 Å². The monoisotopic (exact) mass is 514 g/mol. The maximum absolute atomic E-state index is 14.2. The molecular weight excluding hydrogens is 487 g/mol. The Morgan fingerprint density at radius 2 is 1.81 bits per heavy atom. The summed E-state index contributed by atoms with van der Waals surface area (Å²) < 4.78 is 16.2. The molecule has 4 aromatic rings. The summed E-state index contributed by atoms with van der Waals surface area (Å²) in [5, 5.41) is 13.6. The number of hydrogen-bond donors (Lipinski definition) is 2. The highest BCUT2D eigenvalue weighted by Crippen LogP contribution is 2.44. The van der Waals surface area contributed by atoms with Crippen molar-refractivity contribution in [1.29, 1.82) is 0 Å². The summed E-state index contributed by atoms with van der Waals surface area (Å²) in [6.45, 7) is 7.74. The first-order valence-electron chi connectivity index (χ1n) is 12.0. The molecule has 1 saturated heterocycles. The number of aromatic nitrogens is 2. The lowest BCUT2D eigenvalue weighted by Crippen LogP contribution is -2.29. The number of hydrogen-bond acceptors (Lipinski definition) is 3. The van der Waals surface area contributed by atoms with Gasteiger partial charge in [0.05, 0.1) is 23.3 Å². The Morgan fingerprint density at radius 1 is 1.03 bits per heavy atom. The van der Waals surface area contributed by atoms with Gasteiger partial charge in [0, 0.05) is 29.0 Å². The number of aromatic carboxylic acids is 1. The van der Waals surface area contributed by atoms with E-state index in [-0.39, 0.29) is 23.5 Å². The van der Waals surface area contributed by atoms with Crippen molar-refractivity contribution in [3.8, 4) is 5.69 Å². The maximum Gasteiger partial charge on any atom is 0.335 e. The smallest absolute Gasteiger partial charge is 0.335 e. The zero-order chi connectivity index (χ0) is 26.4. The Kier molecular flexibility index (Phi) is 6.29. The van der Waals surface area contributed by atoms with Crippen LogP contribution in [-0.4, -0.2) is 25.7 Å². The Bertz CT molecular complexity index is 1530. The van der Waals surface area contributed by atoms with Gasteiger partial charge >= 0.3 is 5.97 Å². The van der Waals surface area contributed by atoms with Gasteiger partial charge < -0.3 is 19.9 Å². The molecule has 6 nitrogen and oxygen atoms in total. The fourth-order valence-electron chi connectivity index (χ4n) is 5.17. The predicted molar refractivity (Wildman–Crippen MR) is 146 cm³/mol. The number of pyridine rings is 1. The summed E-state index contributed by atoms with van der Waals surface area (Å²) in [7, 11) is 0. The van der Waals surface area contributed by atoms with Gasteiger partial charge in [-0.1, -0.05) is 12.1 Å². The minimum atomic E-state index is -0.970. The van der Waals surface area contributed by atoms with Crippen LogP contribution in [0.4, 0.5) is 10.1 Å². The molecule has 0 saturated carbocycles. The quantitative estimate of drug-likeness (QED) is 0.313. The van der Waals surface area contributed by atoms with Crippen molar-refractivity contribution in [3.63, 3.8) is 0 Å². The first-order valence-corrected chi connectivity index (χ1v) is 12.4. The summed E-state index contributed by atoms with van der Waals surface area (Å²) >= 11 is 5.82. The third kappa shape index (κ3) is 4.27. The van der Waals surface area contributed by atoms with E-state index in [1.807, 2.05) is 49.9 Å². The second-order valence-corrected chi connectivity index (χ2v) is 9.79. The average molecular weight is 515 g/mol. The maximum atomic E-state index is 14.2. The molecule has 1 fully saturated rings. The topological polar surface area (TPSA) is 70.4 Å². The van der Waals surface area contributed by atoms with E-state index in [1.54, 1.807) is 37.4 Å². The minimum absolute atomic E-state index is 0.230. The van der Waals surface area contributed by atoms with E-state index in [0.29, 0.717) is 10.7 Å². The largest absolute Gasteiger partial charge is 0.478 e. The molecule has 37 heavy (non-hydrogen) atoms. The Labute approximate surface area is 220 Å². The molecule has 0 spiro atoms. The molecule has 5 rings (SSSR count). The fourth-order valence-corrected chi connectivity index (χ4v) is 5.51. The standard InChI is InChI=1S/C29H27FN4O2S/c1-16-8-9-20(28(35)36)15-25(16)33-18(3)14-22(19(33)4)27-26(24-7-5-6-12-31-24)32-29(37)34(27)21-10-11-23(30)17(2)13-21/h5-15,26-27H,1-4H3,(H,32,37)(H,35,36)/t26-,27+/m1/s1. The van der Waals surface area contributed by atoms with Crippen LogP contribution in [0.15, 0.2) is 66.9 Å². The number of thiocarbonyl (C=S) groups is 1. The second kappa shape index (κ2) is 9.44. The van der Waals surface area contributed by atoms with Gasteiger partial charge in [0.1, 0.15) is 5.82 Å². The van der Waals surface area contributed by atoms with Crippen molar-refractivity contribution in [2.75, 3.05) is 4.90 Å². The lowest BCUT2D eigenvalue weighted by atomic mass is 9.96. The number of halogens is 1. The summed E-state index contributed by atoms with van der Waals surface area (Å²) in [5.74, 6) is -1.24. The van der Waals surface area contributed by atoms with Gasteiger partial charge in [0.15, 0.2) is 5.11 Å². The van der Waals surface area contributed by atoms with Crippen LogP contribution in [0.25, 0.3) is 5.69 Å². The molecule has 8 heteroatoms. The van der Waals surface area contributed by atoms with Gasteiger partial charge in [-0.15, -0.1) is 0 Å². The Balaban J connectivity index is 1.71. The van der Waals surface area contributed by atoms with Gasteiger partial charge in [0.25, 0.3) is 0 Å². The molecular formula is C29H27FN4O2S. The summed E-state index contributed by atoms with van der Waals surface area (Å²) in [6.07, 6.45) is 1.76. The van der Waals surface area contributed by atoms with Crippen LogP contribution >= 0.6 is 12.2 Å². The molecule has 2 aromatic carbocycles. The SMILES string of the molecule is Cc1cc(N2C(=S)N[C@H](c3ccccn3)[C@@H]2c2cc(C)n(-c3cc(C(=O)O)ccc3C)c2C)ccc1F. The van der Waals surface area contributed by atoms with E-state index in [9.17, 15) is 14.3 Å². The Morgan fingerprint density at radius 3 is 2.49 bits per heavy atom. The van der Waals surface area contributed by atoms with Crippen LogP contribution in [0, 0.1) is 33.5 Å². The van der Waals surface area contributed by atoms with Crippen LogP contribution < -0.4 is 10.2 Å². The third-order valence-corrected chi connectivity index (χ3v) is 7.32. The van der Waals surface area contributed by atoms with Crippen molar-refractivity contribution in [1.82, 2.24) is 14.9 Å². The molecule has 0 aliphatic carbocycles. The molecule has 3 heterocycles. The first-order chi connectivity index (χ1) is 17.7. The Hall–Kier alpha value is -4.04. The van der Waals surface area contributed by atoms with E-state index >= 15 is 0 Å². The van der Waals surface area contributed by atoms with Crippen LogP contribution in [-0.2, 0) is 0 Å². The molecule has 1 aliphatic rings. The fraction of sp³-hybridized carbons (Fsp3) is 0.207. The predicted octanol–water partition coefficient (Wildman–Crippen LogP) is 6.12. The normalized spacial score (nSPS) is 17.2. The van der Waals surface area contributed by atoms with Gasteiger partial charge in [-0.25, -0.2) is 9.18 Å². The third-order valence-electron chi connectivity index (χ3n) is 7.00. The van der Waals surface area contributed by atoms with Gasteiger partial charge in [0.2, 0.25) is 0 Å². The van der Waals surface area contributed by atoms with Crippen LogP contribution in [0.1, 0.15) is 56.2 Å². The summed E-state index contributed by atoms with van der Waals surface area (Å²) in [4.78, 5) is 18.3. The second-order valence-electron chi connectivity index (χ2n) is 9.40. The van der Waals surface area contributed by atoms with Crippen molar-refractivity contribution in [2.45, 2.75) is 39.8 Å². The number of benzene rings is 2. The lowest BCUT2D eigenvalue weighted by molar-refractivity contribution is 0.0697. The number of rotatable bonds is 5. The number of carbonyl (C=O) groups is 1. The number of aryl methyl sites for hydroxylation is 3. The van der Waals surface area contributed by atoms with E-state index in [4.69, 9.17) is 12.2 Å². The van der Waals surface area contributed by atoms with Crippen LogP contribution in [0.3, 0.4) is 0 Å². The van der Waals surface area contributed by atoms with Crippen LogP contribution in [0.2, 0.25) is 0 Å². The molecule has 188 valence electrons. The molecule has 0 radical (unpaired) electrons. The first kappa shape index (κ1) is 24.6. The highest BCUT2D eigenvalue weighted by Gasteiger charge is 2.42. The zero-order valence-electron chi connectivity index (χ0n) is 21.0. The number of nitrogens with zero attached hydrogens (tertiary/aromatic N) is 3. The van der Waals surface area contributed by atoms with Crippen molar-refractivity contribution < 1.29 is 14.3 Å². The molecule has 0 unspecified atom stereocenters. The van der Waals surface area contributed by atoms with Gasteiger partial charge in [-0.05, 0) is 105 Å². The van der Waals surface area contributed by atoms with Crippen molar-refractivity contribution in [3.05, 3.63) is 112 Å². The van der Waals surface area contributed by atoms with Crippen LogP contribution in [0.5, 0.6) is 0 Å². The number of anilines is 1. The highest BCUT2D eigenvalue weighted by molar-refractivity contribution is 7.80. The molecule has 2 aromatic heterocycles. The molecule has 2 N–H and O–H groups in total. The molecule has 2 atom stereocenters. The van der Waals surface area contributed by atoms with Gasteiger partial charge in [-0.2, -0.15) is 0 Å². The molecule has 0 amide bonds. The lowest BCUT2D eigenvalue weighted by Gasteiger charge is -2.28. The van der Waals surface area contributed by atoms with Crippen molar-refractivity contribution in [2.24, 2.45) is 0 Å². The van der Waals surface area contributed by atoms with Crippen molar-refractivity contribution >= 4 is 29.0 Å². The van der Waals surface area contributed by atoms with Gasteiger partial charge in [-0.3, -0.25) is 4.98 Å². The van der Waals surface area contributed by atoms with E-state index < -0.39 is 5.97 Å². The number of carboxylic acid groups (broad SMARTS) is 1. The molecule has 1 aliphatic heterocycles. The average Bonchev–Trinajstić information content (AvgIpc) is 3.36. The number of nitrogens with one attached hydrogen (secondary N) is 1. The number of carboxylic acids is 1. The zero-order valence-corrected chi connectivity index (χ0v) is 21.8.